The number of hydrogen-bond acceptors (Lipinski definition) is 3. The summed E-state index contributed by atoms with van der Waals surface area (Å²) in [5.74, 6) is 0.0462. The average Bonchev–Trinajstić information content (AvgIpc) is 2.76. The predicted octanol–water partition coefficient (Wildman–Crippen LogP) is 3.63. The minimum absolute atomic E-state index is 0.267. The van der Waals surface area contributed by atoms with Crippen LogP contribution in [0, 0.1) is 5.82 Å². The summed E-state index contributed by atoms with van der Waals surface area (Å²) in [6.45, 7) is 0. The number of thiazole rings is 1. The van der Waals surface area contributed by atoms with Crippen molar-refractivity contribution >= 4 is 29.3 Å². The van der Waals surface area contributed by atoms with Gasteiger partial charge in [0.15, 0.2) is 5.82 Å². The lowest BCUT2D eigenvalue weighted by molar-refractivity contribution is 0.209. The highest BCUT2D eigenvalue weighted by Gasteiger charge is 2.05. The van der Waals surface area contributed by atoms with E-state index in [-0.39, 0.29) is 5.82 Å². The molecule has 1 aromatic heterocycles. The van der Waals surface area contributed by atoms with Gasteiger partial charge in [-0.25, -0.2) is 14.2 Å². The molecule has 1 aromatic carbocycles. The third-order valence-electron chi connectivity index (χ3n) is 2.33. The minimum atomic E-state index is -1.15. The summed E-state index contributed by atoms with van der Waals surface area (Å²) in [5, 5.41) is 10.8. The van der Waals surface area contributed by atoms with E-state index in [1.165, 1.54) is 23.5 Å². The zero-order valence-electron chi connectivity index (χ0n) is 9.84. The lowest BCUT2D eigenvalue weighted by Crippen LogP contribution is -2.08. The number of amides is 1. The SMILES string of the molecule is O=C(O)Nc1ncsc1C=CCc1cccc(F)c1. The van der Waals surface area contributed by atoms with Crippen molar-refractivity contribution in [2.45, 2.75) is 6.42 Å². The summed E-state index contributed by atoms with van der Waals surface area (Å²) in [7, 11) is 0. The largest absolute Gasteiger partial charge is 0.465 e. The van der Waals surface area contributed by atoms with E-state index in [2.05, 4.69) is 10.3 Å². The van der Waals surface area contributed by atoms with E-state index in [4.69, 9.17) is 5.11 Å². The van der Waals surface area contributed by atoms with Crippen LogP contribution in [0.25, 0.3) is 6.08 Å². The second-order valence-corrected chi connectivity index (χ2v) is 4.62. The summed E-state index contributed by atoms with van der Waals surface area (Å²) in [6.07, 6.45) is 3.04. The molecule has 98 valence electrons. The van der Waals surface area contributed by atoms with Crippen molar-refractivity contribution in [1.29, 1.82) is 0 Å². The number of rotatable bonds is 4. The molecule has 0 unspecified atom stereocenters. The summed E-state index contributed by atoms with van der Waals surface area (Å²) in [6, 6.07) is 6.35. The first-order chi connectivity index (χ1) is 9.15. The quantitative estimate of drug-likeness (QED) is 0.897. The number of carboxylic acid groups (broad SMARTS) is 1. The van der Waals surface area contributed by atoms with Gasteiger partial charge < -0.3 is 5.11 Å². The van der Waals surface area contributed by atoms with Crippen LogP contribution in [0.4, 0.5) is 15.0 Å². The third-order valence-corrected chi connectivity index (χ3v) is 3.13. The molecule has 2 N–H and O–H groups in total. The summed E-state index contributed by atoms with van der Waals surface area (Å²) in [5.41, 5.74) is 2.42. The summed E-state index contributed by atoms with van der Waals surface area (Å²) >= 11 is 1.33. The van der Waals surface area contributed by atoms with Crippen molar-refractivity contribution in [3.05, 3.63) is 52.1 Å². The van der Waals surface area contributed by atoms with Gasteiger partial charge in [-0.15, -0.1) is 11.3 Å². The maximum absolute atomic E-state index is 13.0. The molecule has 0 saturated carbocycles. The van der Waals surface area contributed by atoms with Crippen LogP contribution in [0.3, 0.4) is 0 Å². The van der Waals surface area contributed by atoms with Crippen molar-refractivity contribution in [2.24, 2.45) is 0 Å². The molecule has 0 bridgehead atoms. The summed E-state index contributed by atoms with van der Waals surface area (Å²) < 4.78 is 13.0. The number of nitrogens with zero attached hydrogens (tertiary/aromatic N) is 1. The number of carbonyl (C=O) groups is 1. The van der Waals surface area contributed by atoms with Gasteiger partial charge in [0.2, 0.25) is 0 Å². The van der Waals surface area contributed by atoms with E-state index in [1.807, 2.05) is 12.1 Å². The van der Waals surface area contributed by atoms with Gasteiger partial charge in [-0.3, -0.25) is 5.32 Å². The number of anilines is 1. The Labute approximate surface area is 113 Å². The highest BCUT2D eigenvalue weighted by molar-refractivity contribution is 7.11. The van der Waals surface area contributed by atoms with Gasteiger partial charge in [0.05, 0.1) is 10.4 Å². The molecule has 0 radical (unpaired) electrons. The molecule has 2 rings (SSSR count). The minimum Gasteiger partial charge on any atom is -0.465 e. The van der Waals surface area contributed by atoms with Crippen LogP contribution in [-0.4, -0.2) is 16.2 Å². The van der Waals surface area contributed by atoms with Crippen LogP contribution in [0.5, 0.6) is 0 Å². The highest BCUT2D eigenvalue weighted by atomic mass is 32.1. The van der Waals surface area contributed by atoms with Crippen molar-refractivity contribution in [3.63, 3.8) is 0 Å². The maximum Gasteiger partial charge on any atom is 0.410 e. The first-order valence-electron chi connectivity index (χ1n) is 5.49. The smallest absolute Gasteiger partial charge is 0.410 e. The first-order valence-corrected chi connectivity index (χ1v) is 6.37. The van der Waals surface area contributed by atoms with Gasteiger partial charge in [0, 0.05) is 0 Å². The number of benzene rings is 1. The Morgan fingerprint density at radius 2 is 2.37 bits per heavy atom. The Balaban J connectivity index is 2.03. The van der Waals surface area contributed by atoms with Crippen LogP contribution in [0.2, 0.25) is 0 Å². The highest BCUT2D eigenvalue weighted by Crippen LogP contribution is 2.20. The monoisotopic (exact) mass is 278 g/mol. The van der Waals surface area contributed by atoms with Crippen LogP contribution in [0.1, 0.15) is 10.4 Å². The van der Waals surface area contributed by atoms with Gasteiger partial charge in [-0.05, 0) is 30.2 Å². The van der Waals surface area contributed by atoms with Gasteiger partial charge in [0.25, 0.3) is 0 Å². The second kappa shape index (κ2) is 6.10. The standard InChI is InChI=1S/C13H11FN2O2S/c14-10-5-1-3-9(7-10)4-2-6-11-12(15-8-19-11)16-13(17)18/h1-3,5-8,16H,4H2,(H,17,18). The molecule has 19 heavy (non-hydrogen) atoms. The molecule has 0 spiro atoms. The Bertz CT molecular complexity index is 610. The van der Waals surface area contributed by atoms with Crippen molar-refractivity contribution < 1.29 is 14.3 Å². The Kier molecular flexibility index (Phi) is 4.25. The van der Waals surface area contributed by atoms with E-state index < -0.39 is 6.09 Å². The van der Waals surface area contributed by atoms with Crippen molar-refractivity contribution in [3.8, 4) is 0 Å². The van der Waals surface area contributed by atoms with Crippen LogP contribution in [-0.2, 0) is 6.42 Å². The van der Waals surface area contributed by atoms with Gasteiger partial charge in [0.1, 0.15) is 5.82 Å². The van der Waals surface area contributed by atoms with E-state index in [1.54, 1.807) is 17.7 Å². The molecule has 0 aliphatic carbocycles. The second-order valence-electron chi connectivity index (χ2n) is 3.73. The molecule has 0 aliphatic heterocycles. The Morgan fingerprint density at radius 1 is 1.53 bits per heavy atom. The van der Waals surface area contributed by atoms with Gasteiger partial charge in [-0.1, -0.05) is 18.2 Å². The topological polar surface area (TPSA) is 62.2 Å². The van der Waals surface area contributed by atoms with Crippen molar-refractivity contribution in [2.75, 3.05) is 5.32 Å². The van der Waals surface area contributed by atoms with Crippen LogP contribution < -0.4 is 5.32 Å². The zero-order chi connectivity index (χ0) is 13.7. The fourth-order valence-electron chi connectivity index (χ4n) is 1.53. The Hall–Kier alpha value is -2.21. The van der Waals surface area contributed by atoms with E-state index in [0.717, 1.165) is 10.4 Å². The van der Waals surface area contributed by atoms with Gasteiger partial charge >= 0.3 is 6.09 Å². The number of aromatic nitrogens is 1. The first kappa shape index (κ1) is 13.2. The maximum atomic E-state index is 13.0. The van der Waals surface area contributed by atoms with Crippen LogP contribution >= 0.6 is 11.3 Å². The molecule has 0 fully saturated rings. The van der Waals surface area contributed by atoms with Crippen molar-refractivity contribution in [1.82, 2.24) is 4.98 Å². The number of hydrogen-bond donors (Lipinski definition) is 2. The lowest BCUT2D eigenvalue weighted by Gasteiger charge is -1.98. The van der Waals surface area contributed by atoms with E-state index in [9.17, 15) is 9.18 Å². The molecule has 4 nitrogen and oxygen atoms in total. The average molecular weight is 278 g/mol. The zero-order valence-corrected chi connectivity index (χ0v) is 10.7. The third kappa shape index (κ3) is 3.89. The molecule has 1 heterocycles. The molecule has 0 saturated heterocycles. The molecule has 0 atom stereocenters. The lowest BCUT2D eigenvalue weighted by atomic mass is 10.1. The normalized spacial score (nSPS) is 10.8. The summed E-state index contributed by atoms with van der Waals surface area (Å²) in [4.78, 5) is 15.2. The molecule has 6 heteroatoms. The van der Waals surface area contributed by atoms with E-state index >= 15 is 0 Å². The van der Waals surface area contributed by atoms with Gasteiger partial charge in [-0.2, -0.15) is 0 Å². The fraction of sp³-hybridized carbons (Fsp3) is 0.0769. The molecule has 0 aliphatic rings. The molecular formula is C13H11FN2O2S. The Morgan fingerprint density at radius 3 is 3.11 bits per heavy atom. The molecule has 2 aromatic rings. The van der Waals surface area contributed by atoms with Crippen LogP contribution in [0.15, 0.2) is 35.9 Å². The molecular weight excluding hydrogens is 267 g/mol. The molecule has 1 amide bonds. The number of allylic oxidation sites excluding steroid dienone is 1. The predicted molar refractivity (Wildman–Crippen MR) is 72.9 cm³/mol. The van der Waals surface area contributed by atoms with E-state index in [0.29, 0.717) is 12.2 Å². The fourth-order valence-corrected chi connectivity index (χ4v) is 2.20. The number of nitrogens with one attached hydrogen (secondary N) is 1. The number of halogens is 1.